The highest BCUT2D eigenvalue weighted by atomic mass is 16.5. The topological polar surface area (TPSA) is 76.1 Å². The lowest BCUT2D eigenvalue weighted by atomic mass is 10.1. The Balaban J connectivity index is 1.74. The smallest absolute Gasteiger partial charge is 0.275 e. The van der Waals surface area contributed by atoms with E-state index in [1.807, 2.05) is 56.3 Å². The van der Waals surface area contributed by atoms with Crippen LogP contribution in [-0.2, 0) is 6.42 Å². The molecule has 28 heavy (non-hydrogen) atoms. The Bertz CT molecular complexity index is 955. The van der Waals surface area contributed by atoms with Crippen molar-refractivity contribution in [2.24, 2.45) is 0 Å². The highest BCUT2D eigenvalue weighted by Crippen LogP contribution is 2.26. The quantitative estimate of drug-likeness (QED) is 0.623. The maximum Gasteiger partial charge on any atom is 0.275 e. The molecule has 0 bridgehead atoms. The molecule has 2 aromatic carbocycles. The van der Waals surface area contributed by atoms with E-state index in [4.69, 9.17) is 4.74 Å². The summed E-state index contributed by atoms with van der Waals surface area (Å²) in [6, 6.07) is 13.6. The second-order valence-corrected chi connectivity index (χ2v) is 6.26. The van der Waals surface area contributed by atoms with Crippen LogP contribution >= 0.6 is 0 Å². The third kappa shape index (κ3) is 4.46. The van der Waals surface area contributed by atoms with Gasteiger partial charge in [-0.3, -0.25) is 4.79 Å². The predicted molar refractivity (Wildman–Crippen MR) is 111 cm³/mol. The minimum atomic E-state index is -0.280. The molecule has 1 amide bonds. The summed E-state index contributed by atoms with van der Waals surface area (Å²) in [6.45, 7) is 6.54. The molecule has 0 radical (unpaired) electrons. The molecule has 0 saturated carbocycles. The average molecular weight is 376 g/mol. The van der Waals surface area contributed by atoms with Gasteiger partial charge in [0.15, 0.2) is 0 Å². The molecule has 6 nitrogen and oxygen atoms in total. The number of aromatic nitrogens is 2. The summed E-state index contributed by atoms with van der Waals surface area (Å²) in [4.78, 5) is 21.2. The van der Waals surface area contributed by atoms with Gasteiger partial charge in [-0.15, -0.1) is 0 Å². The van der Waals surface area contributed by atoms with Gasteiger partial charge in [0, 0.05) is 5.69 Å². The summed E-state index contributed by atoms with van der Waals surface area (Å²) in [5.41, 5.74) is 4.00. The molecule has 0 aliphatic rings. The molecule has 2 N–H and O–H groups in total. The van der Waals surface area contributed by atoms with Gasteiger partial charge in [-0.1, -0.05) is 37.3 Å². The Kier molecular flexibility index (Phi) is 6.22. The number of para-hydroxylation sites is 3. The number of amides is 1. The van der Waals surface area contributed by atoms with Crippen molar-refractivity contribution in [3.8, 4) is 5.75 Å². The van der Waals surface area contributed by atoms with Gasteiger partial charge in [0.1, 0.15) is 17.3 Å². The van der Waals surface area contributed by atoms with Crippen molar-refractivity contribution in [2.45, 2.75) is 27.2 Å². The summed E-state index contributed by atoms with van der Waals surface area (Å²) in [7, 11) is 0. The standard InChI is InChI=1S/C22H24N4O2/c1-4-16-10-8-9-15(3)21(16)26-22(27)18-13-24-20(14-23-18)25-17-11-6-7-12-19(17)28-5-2/h6-14H,4-5H2,1-3H3,(H,24,25)(H,26,27). The van der Waals surface area contributed by atoms with Crippen LogP contribution in [0, 0.1) is 6.92 Å². The number of hydrogen-bond donors (Lipinski definition) is 2. The number of nitrogens with zero attached hydrogens (tertiary/aromatic N) is 2. The Morgan fingerprint density at radius 1 is 1.04 bits per heavy atom. The first kappa shape index (κ1) is 19.4. The summed E-state index contributed by atoms with van der Waals surface area (Å²) < 4.78 is 5.60. The van der Waals surface area contributed by atoms with E-state index in [1.54, 1.807) is 0 Å². The molecule has 0 fully saturated rings. The largest absolute Gasteiger partial charge is 0.492 e. The van der Waals surface area contributed by atoms with Crippen LogP contribution in [0.3, 0.4) is 0 Å². The van der Waals surface area contributed by atoms with E-state index in [0.717, 1.165) is 34.7 Å². The van der Waals surface area contributed by atoms with Gasteiger partial charge in [0.2, 0.25) is 0 Å². The van der Waals surface area contributed by atoms with E-state index in [1.165, 1.54) is 12.4 Å². The molecular formula is C22H24N4O2. The number of rotatable bonds is 7. The third-order valence-corrected chi connectivity index (χ3v) is 4.31. The predicted octanol–water partition coefficient (Wildman–Crippen LogP) is 4.74. The van der Waals surface area contributed by atoms with Crippen LogP contribution < -0.4 is 15.4 Å². The molecule has 0 saturated heterocycles. The zero-order valence-corrected chi connectivity index (χ0v) is 16.3. The summed E-state index contributed by atoms with van der Waals surface area (Å²) in [5, 5.41) is 6.13. The first-order valence-corrected chi connectivity index (χ1v) is 9.33. The van der Waals surface area contributed by atoms with E-state index < -0.39 is 0 Å². The molecule has 0 atom stereocenters. The van der Waals surface area contributed by atoms with E-state index in [0.29, 0.717) is 12.4 Å². The minimum Gasteiger partial charge on any atom is -0.492 e. The fourth-order valence-corrected chi connectivity index (χ4v) is 2.88. The summed E-state index contributed by atoms with van der Waals surface area (Å²) in [5.74, 6) is 0.992. The maximum atomic E-state index is 12.6. The van der Waals surface area contributed by atoms with Crippen LogP contribution in [0.15, 0.2) is 54.9 Å². The molecule has 0 unspecified atom stereocenters. The number of benzene rings is 2. The second kappa shape index (κ2) is 8.99. The molecular weight excluding hydrogens is 352 g/mol. The SMILES string of the molecule is CCOc1ccccc1Nc1cnc(C(=O)Nc2c(C)cccc2CC)cn1. The van der Waals surface area contributed by atoms with Crippen LogP contribution in [0.4, 0.5) is 17.2 Å². The van der Waals surface area contributed by atoms with Gasteiger partial charge in [-0.25, -0.2) is 9.97 Å². The lowest BCUT2D eigenvalue weighted by Gasteiger charge is -2.13. The monoisotopic (exact) mass is 376 g/mol. The fourth-order valence-electron chi connectivity index (χ4n) is 2.88. The van der Waals surface area contributed by atoms with E-state index in [-0.39, 0.29) is 11.6 Å². The molecule has 1 aromatic heterocycles. The lowest BCUT2D eigenvalue weighted by molar-refractivity contribution is 0.102. The van der Waals surface area contributed by atoms with Gasteiger partial charge in [0.05, 0.1) is 24.7 Å². The van der Waals surface area contributed by atoms with Crippen molar-refractivity contribution in [1.82, 2.24) is 9.97 Å². The fraction of sp³-hybridized carbons (Fsp3) is 0.227. The minimum absolute atomic E-state index is 0.258. The van der Waals surface area contributed by atoms with E-state index >= 15 is 0 Å². The Labute approximate surface area is 165 Å². The van der Waals surface area contributed by atoms with Crippen LogP contribution in [0.25, 0.3) is 0 Å². The molecule has 3 rings (SSSR count). The highest BCUT2D eigenvalue weighted by molar-refractivity contribution is 6.03. The van der Waals surface area contributed by atoms with Crippen LogP contribution in [0.2, 0.25) is 0 Å². The van der Waals surface area contributed by atoms with E-state index in [2.05, 4.69) is 27.5 Å². The van der Waals surface area contributed by atoms with Crippen molar-refractivity contribution in [1.29, 1.82) is 0 Å². The molecule has 3 aromatic rings. The van der Waals surface area contributed by atoms with Crippen molar-refractivity contribution >= 4 is 23.1 Å². The molecule has 0 spiro atoms. The Hall–Kier alpha value is -3.41. The Morgan fingerprint density at radius 2 is 1.86 bits per heavy atom. The molecule has 1 heterocycles. The van der Waals surface area contributed by atoms with Crippen molar-refractivity contribution in [3.05, 3.63) is 71.7 Å². The summed E-state index contributed by atoms with van der Waals surface area (Å²) >= 11 is 0. The van der Waals surface area contributed by atoms with Crippen molar-refractivity contribution in [2.75, 3.05) is 17.2 Å². The number of ether oxygens (including phenoxy) is 1. The number of carbonyl (C=O) groups excluding carboxylic acids is 1. The number of anilines is 3. The molecule has 144 valence electrons. The average Bonchev–Trinajstić information content (AvgIpc) is 2.71. The molecule has 0 aliphatic heterocycles. The van der Waals surface area contributed by atoms with E-state index in [9.17, 15) is 4.79 Å². The van der Waals surface area contributed by atoms with Gasteiger partial charge in [0.25, 0.3) is 5.91 Å². The van der Waals surface area contributed by atoms with Gasteiger partial charge in [-0.05, 0) is 43.5 Å². The molecule has 6 heteroatoms. The number of nitrogens with one attached hydrogen (secondary N) is 2. The van der Waals surface area contributed by atoms with Gasteiger partial charge < -0.3 is 15.4 Å². The number of aryl methyl sites for hydroxylation is 2. The van der Waals surface area contributed by atoms with Gasteiger partial charge in [-0.2, -0.15) is 0 Å². The zero-order valence-electron chi connectivity index (χ0n) is 16.3. The maximum absolute atomic E-state index is 12.6. The van der Waals surface area contributed by atoms with Crippen LogP contribution in [0.1, 0.15) is 35.5 Å². The normalized spacial score (nSPS) is 10.4. The number of carbonyl (C=O) groups is 1. The van der Waals surface area contributed by atoms with Crippen molar-refractivity contribution in [3.63, 3.8) is 0 Å². The van der Waals surface area contributed by atoms with Crippen LogP contribution in [0.5, 0.6) is 5.75 Å². The molecule has 0 aliphatic carbocycles. The number of hydrogen-bond acceptors (Lipinski definition) is 5. The zero-order chi connectivity index (χ0) is 19.9. The van der Waals surface area contributed by atoms with Crippen molar-refractivity contribution < 1.29 is 9.53 Å². The lowest BCUT2D eigenvalue weighted by Crippen LogP contribution is -2.16. The third-order valence-electron chi connectivity index (χ3n) is 4.31. The highest BCUT2D eigenvalue weighted by Gasteiger charge is 2.13. The summed E-state index contributed by atoms with van der Waals surface area (Å²) in [6.07, 6.45) is 3.84. The second-order valence-electron chi connectivity index (χ2n) is 6.26. The Morgan fingerprint density at radius 3 is 2.57 bits per heavy atom. The first-order chi connectivity index (χ1) is 13.6. The van der Waals surface area contributed by atoms with Crippen LogP contribution in [-0.4, -0.2) is 22.5 Å². The first-order valence-electron chi connectivity index (χ1n) is 9.33. The van der Waals surface area contributed by atoms with Gasteiger partial charge >= 0.3 is 0 Å².